The van der Waals surface area contributed by atoms with Crippen LogP contribution in [0, 0.1) is 0 Å². The van der Waals surface area contributed by atoms with Crippen molar-refractivity contribution in [3.63, 3.8) is 0 Å². The highest BCUT2D eigenvalue weighted by Crippen LogP contribution is 2.56. The minimum Gasteiger partial charge on any atom is -0.271 e. The van der Waals surface area contributed by atoms with Crippen LogP contribution in [0.4, 0.5) is 0 Å². The summed E-state index contributed by atoms with van der Waals surface area (Å²) in [6.07, 6.45) is 6.66. The van der Waals surface area contributed by atoms with Crippen LogP contribution in [0.15, 0.2) is 59.7 Å². The lowest BCUT2D eigenvalue weighted by molar-refractivity contribution is -0.134. The summed E-state index contributed by atoms with van der Waals surface area (Å²) < 4.78 is 0. The fourth-order valence-electron chi connectivity index (χ4n) is 5.71. The van der Waals surface area contributed by atoms with E-state index in [1.165, 1.54) is 30.4 Å². The Labute approximate surface area is 173 Å². The first-order valence-corrected chi connectivity index (χ1v) is 11.0. The number of nitrogens with zero attached hydrogens (tertiary/aromatic N) is 2. The molecule has 1 amide bonds. The summed E-state index contributed by atoms with van der Waals surface area (Å²) >= 11 is 0. The third-order valence-corrected chi connectivity index (χ3v) is 7.00. The van der Waals surface area contributed by atoms with Gasteiger partial charge in [-0.1, -0.05) is 80.8 Å². The third-order valence-electron chi connectivity index (χ3n) is 7.00. The van der Waals surface area contributed by atoms with Crippen molar-refractivity contribution < 1.29 is 4.79 Å². The van der Waals surface area contributed by atoms with Crippen LogP contribution >= 0.6 is 0 Å². The van der Waals surface area contributed by atoms with Crippen molar-refractivity contribution >= 4 is 22.8 Å². The van der Waals surface area contributed by atoms with Crippen molar-refractivity contribution in [3.8, 4) is 0 Å². The van der Waals surface area contributed by atoms with E-state index < -0.39 is 5.41 Å². The Morgan fingerprint density at radius 3 is 2.41 bits per heavy atom. The highest BCUT2D eigenvalue weighted by Gasteiger charge is 2.58. The summed E-state index contributed by atoms with van der Waals surface area (Å²) in [5, 5.41) is 6.79. The van der Waals surface area contributed by atoms with Gasteiger partial charge in [0.2, 0.25) is 0 Å². The van der Waals surface area contributed by atoms with E-state index in [1.807, 2.05) is 11.1 Å². The summed E-state index contributed by atoms with van der Waals surface area (Å²) in [5.41, 5.74) is 6.02. The smallest absolute Gasteiger partial charge is 0.263 e. The van der Waals surface area contributed by atoms with Crippen LogP contribution < -0.4 is 0 Å². The molecule has 3 aliphatic rings. The lowest BCUT2D eigenvalue weighted by Crippen LogP contribution is -2.46. The molecule has 2 aromatic rings. The molecule has 2 aromatic carbocycles. The number of hydrazone groups is 1. The number of carbonyl (C=O) groups excluding carboxylic acids is 1. The number of hydrogen-bond donors (Lipinski definition) is 0. The number of amides is 1. The van der Waals surface area contributed by atoms with Gasteiger partial charge >= 0.3 is 0 Å². The van der Waals surface area contributed by atoms with Gasteiger partial charge in [0.05, 0.1) is 11.8 Å². The molecule has 0 saturated heterocycles. The van der Waals surface area contributed by atoms with E-state index in [0.717, 1.165) is 41.7 Å². The van der Waals surface area contributed by atoms with Crippen LogP contribution in [-0.4, -0.2) is 22.7 Å². The van der Waals surface area contributed by atoms with Crippen LogP contribution in [0.3, 0.4) is 0 Å². The van der Waals surface area contributed by atoms with E-state index in [9.17, 15) is 4.79 Å². The van der Waals surface area contributed by atoms with Gasteiger partial charge in [0.1, 0.15) is 5.41 Å². The van der Waals surface area contributed by atoms with Crippen LogP contribution in [0.1, 0.15) is 69.1 Å². The standard InChI is InChI=1S/C26H28N2O/c1-3-21-22-16-10-11-17-23(22)26(24(21)19-12-6-4-7-13-19)18(2)27-28(25(26)29)20-14-8-5-9-15-20/h4,6-7,10-13,16-17,20H,3,5,8-9,14-15H2,1-2H3/t26-/m0/s1. The Hall–Kier alpha value is -2.68. The van der Waals surface area contributed by atoms with Crippen molar-refractivity contribution in [1.82, 2.24) is 5.01 Å². The van der Waals surface area contributed by atoms with Crippen molar-refractivity contribution in [3.05, 3.63) is 71.3 Å². The first-order chi connectivity index (χ1) is 14.2. The summed E-state index contributed by atoms with van der Waals surface area (Å²) in [6.45, 7) is 4.25. The first kappa shape index (κ1) is 18.4. The number of fused-ring (bicyclic) bond motifs is 2. The zero-order chi connectivity index (χ0) is 20.0. The Morgan fingerprint density at radius 1 is 1.00 bits per heavy atom. The maximum Gasteiger partial charge on any atom is 0.263 e. The van der Waals surface area contributed by atoms with Gasteiger partial charge in [0, 0.05) is 0 Å². The molecule has 29 heavy (non-hydrogen) atoms. The number of carbonyl (C=O) groups is 1. The lowest BCUT2D eigenvalue weighted by Gasteiger charge is -2.33. The van der Waals surface area contributed by atoms with E-state index >= 15 is 0 Å². The molecule has 1 heterocycles. The van der Waals surface area contributed by atoms with Gasteiger partial charge in [-0.3, -0.25) is 4.79 Å². The molecule has 0 radical (unpaired) electrons. The van der Waals surface area contributed by atoms with E-state index in [1.54, 1.807) is 0 Å². The molecule has 3 nitrogen and oxygen atoms in total. The maximum absolute atomic E-state index is 14.2. The second-order valence-electron chi connectivity index (χ2n) is 8.50. The Kier molecular flexibility index (Phi) is 4.42. The molecule has 1 atom stereocenters. The summed E-state index contributed by atoms with van der Waals surface area (Å²) in [4.78, 5) is 14.2. The average Bonchev–Trinajstić information content (AvgIpc) is 3.23. The van der Waals surface area contributed by atoms with Crippen LogP contribution in [-0.2, 0) is 10.2 Å². The summed E-state index contributed by atoms with van der Waals surface area (Å²) in [5.74, 6) is 0.150. The quantitative estimate of drug-likeness (QED) is 0.657. The molecule has 1 saturated carbocycles. The highest BCUT2D eigenvalue weighted by molar-refractivity contribution is 6.31. The van der Waals surface area contributed by atoms with Crippen molar-refractivity contribution in [2.75, 3.05) is 0 Å². The first-order valence-electron chi connectivity index (χ1n) is 11.0. The summed E-state index contributed by atoms with van der Waals surface area (Å²) in [6, 6.07) is 19.2. The van der Waals surface area contributed by atoms with Crippen molar-refractivity contribution in [2.45, 2.75) is 63.8 Å². The Bertz CT molecular complexity index is 1010. The van der Waals surface area contributed by atoms with Gasteiger partial charge in [0.25, 0.3) is 5.91 Å². The summed E-state index contributed by atoms with van der Waals surface area (Å²) in [7, 11) is 0. The molecule has 1 spiro atoms. The van der Waals surface area contributed by atoms with Gasteiger partial charge in [-0.2, -0.15) is 5.10 Å². The molecule has 1 aliphatic heterocycles. The fourth-order valence-corrected chi connectivity index (χ4v) is 5.71. The van der Waals surface area contributed by atoms with Crippen LogP contribution in [0.5, 0.6) is 0 Å². The molecular weight excluding hydrogens is 356 g/mol. The molecule has 2 aliphatic carbocycles. The Morgan fingerprint density at radius 2 is 1.69 bits per heavy atom. The van der Waals surface area contributed by atoms with Crippen LogP contribution in [0.25, 0.3) is 11.1 Å². The molecule has 3 heteroatoms. The largest absolute Gasteiger partial charge is 0.271 e. The second kappa shape index (κ2) is 6.98. The molecule has 1 fully saturated rings. The molecule has 0 unspecified atom stereocenters. The van der Waals surface area contributed by atoms with Crippen molar-refractivity contribution in [1.29, 1.82) is 0 Å². The second-order valence-corrected chi connectivity index (χ2v) is 8.50. The number of benzene rings is 2. The van der Waals surface area contributed by atoms with E-state index in [0.29, 0.717) is 0 Å². The van der Waals surface area contributed by atoms with E-state index in [2.05, 4.69) is 62.4 Å². The maximum atomic E-state index is 14.2. The SMILES string of the molecule is CCC1=C(c2ccccc2)[C@@]2(C(=O)N(C3CCCCC3)N=C2C)c2ccccc21. The van der Waals surface area contributed by atoms with E-state index in [-0.39, 0.29) is 11.9 Å². The molecule has 0 aromatic heterocycles. The number of hydrogen-bond acceptors (Lipinski definition) is 2. The van der Waals surface area contributed by atoms with Gasteiger partial charge in [-0.25, -0.2) is 5.01 Å². The van der Waals surface area contributed by atoms with Gasteiger partial charge in [-0.05, 0) is 54.0 Å². The van der Waals surface area contributed by atoms with Crippen LogP contribution in [0.2, 0.25) is 0 Å². The van der Waals surface area contributed by atoms with E-state index in [4.69, 9.17) is 5.10 Å². The molecule has 148 valence electrons. The molecule has 0 bridgehead atoms. The Balaban J connectivity index is 1.74. The topological polar surface area (TPSA) is 32.7 Å². The predicted octanol–water partition coefficient (Wildman–Crippen LogP) is 5.81. The third kappa shape index (κ3) is 2.49. The van der Waals surface area contributed by atoms with Gasteiger partial charge < -0.3 is 0 Å². The lowest BCUT2D eigenvalue weighted by atomic mass is 9.71. The molecule has 5 rings (SSSR count). The number of allylic oxidation sites excluding steroid dienone is 1. The fraction of sp³-hybridized carbons (Fsp3) is 0.385. The molecular formula is C26H28N2O. The monoisotopic (exact) mass is 384 g/mol. The zero-order valence-electron chi connectivity index (χ0n) is 17.3. The normalized spacial score (nSPS) is 24.4. The van der Waals surface area contributed by atoms with Gasteiger partial charge in [0.15, 0.2) is 0 Å². The zero-order valence-corrected chi connectivity index (χ0v) is 17.3. The highest BCUT2D eigenvalue weighted by atomic mass is 16.2. The predicted molar refractivity (Wildman–Crippen MR) is 118 cm³/mol. The minimum atomic E-state index is -0.777. The minimum absolute atomic E-state index is 0.150. The number of rotatable bonds is 3. The van der Waals surface area contributed by atoms with Crippen molar-refractivity contribution in [2.24, 2.45) is 5.10 Å². The average molecular weight is 385 g/mol. The van der Waals surface area contributed by atoms with Gasteiger partial charge in [-0.15, -0.1) is 0 Å². The molecule has 0 N–H and O–H groups in total.